The van der Waals surface area contributed by atoms with Crippen molar-refractivity contribution in [2.45, 2.75) is 19.9 Å². The second-order valence-corrected chi connectivity index (χ2v) is 8.12. The first kappa shape index (κ1) is 20.2. The molecular weight excluding hydrogens is 392 g/mol. The van der Waals surface area contributed by atoms with Gasteiger partial charge in [-0.15, -0.1) is 0 Å². The van der Waals surface area contributed by atoms with Gasteiger partial charge in [0.05, 0.1) is 11.0 Å². The Morgan fingerprint density at radius 3 is 2.38 bits per heavy atom. The molecule has 158 valence electrons. The Balaban J connectivity index is 1.26. The fraction of sp³-hybridized carbons (Fsp3) is 0.143. The molecule has 0 saturated heterocycles. The number of aromatic amines is 1. The summed E-state index contributed by atoms with van der Waals surface area (Å²) in [6, 6.07) is 27.7. The number of H-pyrrole nitrogens is 1. The molecule has 4 heteroatoms. The summed E-state index contributed by atoms with van der Waals surface area (Å²) in [5.41, 5.74) is 9.39. The molecule has 4 nitrogen and oxygen atoms in total. The van der Waals surface area contributed by atoms with Gasteiger partial charge in [0, 0.05) is 24.5 Å². The molecule has 2 heterocycles. The highest BCUT2D eigenvalue weighted by atomic mass is 14.9. The van der Waals surface area contributed by atoms with Crippen LogP contribution in [0.15, 0.2) is 91.3 Å². The van der Waals surface area contributed by atoms with Gasteiger partial charge in [0.2, 0.25) is 0 Å². The molecule has 32 heavy (non-hydrogen) atoms. The molecule has 3 aromatic carbocycles. The third-order valence-corrected chi connectivity index (χ3v) is 5.81. The summed E-state index contributed by atoms with van der Waals surface area (Å²) in [5.74, 6) is 0.908. The van der Waals surface area contributed by atoms with Gasteiger partial charge in [0.25, 0.3) is 0 Å². The van der Waals surface area contributed by atoms with Crippen LogP contribution in [-0.4, -0.2) is 21.5 Å². The fourth-order valence-corrected chi connectivity index (χ4v) is 3.99. The van der Waals surface area contributed by atoms with Crippen LogP contribution in [-0.2, 0) is 13.0 Å². The predicted molar refractivity (Wildman–Crippen MR) is 131 cm³/mol. The maximum Gasteiger partial charge on any atom is 0.138 e. The van der Waals surface area contributed by atoms with E-state index in [9.17, 15) is 0 Å². The van der Waals surface area contributed by atoms with Gasteiger partial charge in [-0.05, 0) is 72.0 Å². The average molecular weight is 419 g/mol. The number of pyridine rings is 1. The topological polar surface area (TPSA) is 53.6 Å². The fourth-order valence-electron chi connectivity index (χ4n) is 3.99. The van der Waals surface area contributed by atoms with Crippen molar-refractivity contribution in [3.05, 3.63) is 108 Å². The van der Waals surface area contributed by atoms with Crippen molar-refractivity contribution < 1.29 is 0 Å². The van der Waals surface area contributed by atoms with Crippen LogP contribution >= 0.6 is 0 Å². The second-order valence-electron chi connectivity index (χ2n) is 8.12. The number of fused-ring (bicyclic) bond motifs is 1. The lowest BCUT2D eigenvalue weighted by atomic mass is 10.0. The molecule has 0 aliphatic heterocycles. The van der Waals surface area contributed by atoms with Crippen molar-refractivity contribution in [3.8, 4) is 22.5 Å². The first-order chi connectivity index (χ1) is 15.8. The maximum absolute atomic E-state index is 4.83. The monoisotopic (exact) mass is 418 g/mol. The highest BCUT2D eigenvalue weighted by Crippen LogP contribution is 2.27. The number of aromatic nitrogens is 3. The van der Waals surface area contributed by atoms with Crippen molar-refractivity contribution in [1.82, 2.24) is 20.3 Å². The zero-order valence-corrected chi connectivity index (χ0v) is 18.2. The van der Waals surface area contributed by atoms with Gasteiger partial charge in [-0.2, -0.15) is 0 Å². The third kappa shape index (κ3) is 4.46. The molecule has 5 aromatic rings. The zero-order chi connectivity index (χ0) is 21.8. The molecule has 0 atom stereocenters. The Morgan fingerprint density at radius 1 is 0.781 bits per heavy atom. The van der Waals surface area contributed by atoms with E-state index in [4.69, 9.17) is 4.98 Å². The molecule has 0 amide bonds. The van der Waals surface area contributed by atoms with Gasteiger partial charge in [-0.3, -0.25) is 4.98 Å². The average Bonchev–Trinajstić information content (AvgIpc) is 3.29. The zero-order valence-electron chi connectivity index (χ0n) is 18.2. The van der Waals surface area contributed by atoms with Crippen LogP contribution in [0.5, 0.6) is 0 Å². The van der Waals surface area contributed by atoms with Crippen molar-refractivity contribution >= 4 is 11.0 Å². The van der Waals surface area contributed by atoms with Crippen LogP contribution in [0.3, 0.4) is 0 Å². The summed E-state index contributed by atoms with van der Waals surface area (Å²) in [6.07, 6.45) is 4.70. The largest absolute Gasteiger partial charge is 0.338 e. The highest BCUT2D eigenvalue weighted by molar-refractivity contribution is 5.83. The predicted octanol–water partition coefficient (Wildman–Crippen LogP) is 5.93. The van der Waals surface area contributed by atoms with Crippen LogP contribution < -0.4 is 5.32 Å². The van der Waals surface area contributed by atoms with E-state index < -0.39 is 0 Å². The van der Waals surface area contributed by atoms with Gasteiger partial charge >= 0.3 is 0 Å². The summed E-state index contributed by atoms with van der Waals surface area (Å²) in [4.78, 5) is 12.4. The number of benzene rings is 3. The number of imidazole rings is 1. The van der Waals surface area contributed by atoms with Crippen LogP contribution in [0.1, 0.15) is 16.7 Å². The first-order valence-corrected chi connectivity index (χ1v) is 11.0. The summed E-state index contributed by atoms with van der Waals surface area (Å²) in [7, 11) is 0. The van der Waals surface area contributed by atoms with E-state index in [-0.39, 0.29) is 0 Å². The second kappa shape index (κ2) is 9.16. The lowest BCUT2D eigenvalue weighted by Crippen LogP contribution is -2.16. The molecule has 0 aliphatic rings. The molecule has 0 fully saturated rings. The maximum atomic E-state index is 4.83. The molecule has 2 N–H and O–H groups in total. The molecular formula is C28H26N4. The molecule has 0 radical (unpaired) electrons. The Hall–Kier alpha value is -3.76. The van der Waals surface area contributed by atoms with E-state index >= 15 is 0 Å². The van der Waals surface area contributed by atoms with E-state index in [1.54, 1.807) is 0 Å². The molecule has 0 aliphatic carbocycles. The van der Waals surface area contributed by atoms with Crippen molar-refractivity contribution in [2.24, 2.45) is 0 Å². The molecule has 0 bridgehead atoms. The van der Waals surface area contributed by atoms with Gasteiger partial charge < -0.3 is 10.3 Å². The van der Waals surface area contributed by atoms with Gasteiger partial charge in [0.15, 0.2) is 0 Å². The van der Waals surface area contributed by atoms with Crippen molar-refractivity contribution in [1.29, 1.82) is 0 Å². The van der Waals surface area contributed by atoms with Crippen LogP contribution in [0.25, 0.3) is 33.5 Å². The minimum Gasteiger partial charge on any atom is -0.338 e. The van der Waals surface area contributed by atoms with Crippen LogP contribution in [0, 0.1) is 6.92 Å². The molecule has 2 aromatic heterocycles. The van der Waals surface area contributed by atoms with Crippen LogP contribution in [0.2, 0.25) is 0 Å². The van der Waals surface area contributed by atoms with E-state index in [1.807, 2.05) is 12.4 Å². The van der Waals surface area contributed by atoms with E-state index in [1.165, 1.54) is 27.8 Å². The summed E-state index contributed by atoms with van der Waals surface area (Å²) < 4.78 is 0. The number of rotatable bonds is 7. The molecule has 0 unspecified atom stereocenters. The van der Waals surface area contributed by atoms with Crippen molar-refractivity contribution in [3.63, 3.8) is 0 Å². The summed E-state index contributed by atoms with van der Waals surface area (Å²) >= 11 is 0. The Labute approximate surface area is 188 Å². The minimum atomic E-state index is 0.865. The first-order valence-electron chi connectivity index (χ1n) is 11.0. The Morgan fingerprint density at radius 2 is 1.56 bits per heavy atom. The standard InChI is InChI=1S/C28H26N4/c1-20-4-2-7-26-27(20)32-28(31-26)25-6-3-5-24(18-25)23-10-8-22(9-11-23)19-30-17-14-21-12-15-29-16-13-21/h2-13,15-16,18,30H,14,17,19H2,1H3,(H,31,32). The van der Waals surface area contributed by atoms with Crippen LogP contribution in [0.4, 0.5) is 0 Å². The Bertz CT molecular complexity index is 1320. The number of hydrogen-bond acceptors (Lipinski definition) is 3. The molecule has 0 saturated carbocycles. The Kier molecular flexibility index (Phi) is 5.77. The number of hydrogen-bond donors (Lipinski definition) is 2. The van der Waals surface area contributed by atoms with E-state index in [2.05, 4.69) is 101 Å². The number of para-hydroxylation sites is 1. The minimum absolute atomic E-state index is 0.865. The number of aryl methyl sites for hydroxylation is 1. The van der Waals surface area contributed by atoms with Crippen molar-refractivity contribution in [2.75, 3.05) is 6.54 Å². The number of nitrogens with one attached hydrogen (secondary N) is 2. The van der Waals surface area contributed by atoms with Gasteiger partial charge in [-0.1, -0.05) is 54.6 Å². The normalized spacial score (nSPS) is 11.2. The lowest BCUT2D eigenvalue weighted by Gasteiger charge is -2.08. The smallest absolute Gasteiger partial charge is 0.138 e. The number of nitrogens with zero attached hydrogens (tertiary/aromatic N) is 2. The SMILES string of the molecule is Cc1cccc2[nH]c(-c3cccc(-c4ccc(CNCCc5ccncc5)cc4)c3)nc12. The molecule has 5 rings (SSSR count). The quantitative estimate of drug-likeness (QED) is 0.322. The van der Waals surface area contributed by atoms with E-state index in [0.29, 0.717) is 0 Å². The third-order valence-electron chi connectivity index (χ3n) is 5.81. The van der Waals surface area contributed by atoms with E-state index in [0.717, 1.165) is 41.9 Å². The summed E-state index contributed by atoms with van der Waals surface area (Å²) in [5, 5.41) is 3.52. The summed E-state index contributed by atoms with van der Waals surface area (Å²) in [6.45, 7) is 3.91. The van der Waals surface area contributed by atoms with Gasteiger partial charge in [0.1, 0.15) is 5.82 Å². The molecule has 0 spiro atoms. The van der Waals surface area contributed by atoms with Gasteiger partial charge in [-0.25, -0.2) is 4.98 Å². The highest BCUT2D eigenvalue weighted by Gasteiger charge is 2.08. The lowest BCUT2D eigenvalue weighted by molar-refractivity contribution is 0.686.